The van der Waals surface area contributed by atoms with Crippen molar-refractivity contribution in [3.63, 3.8) is 0 Å². The second-order valence-corrected chi connectivity index (χ2v) is 4.78. The molecule has 3 nitrogen and oxygen atoms in total. The van der Waals surface area contributed by atoms with Crippen LogP contribution in [0.4, 0.5) is 4.79 Å². The Morgan fingerprint density at radius 2 is 2.08 bits per heavy atom. The van der Waals surface area contributed by atoms with Crippen LogP contribution in [-0.4, -0.2) is 28.5 Å². The molecule has 0 spiro atoms. The highest BCUT2D eigenvalue weighted by Crippen LogP contribution is 2.06. The number of alkyl carbamates (subject to hydrolysis) is 1. The highest BCUT2D eigenvalue weighted by Gasteiger charge is 2.14. The Hall–Kier alpha value is -0.513. The minimum atomic E-state index is -0.384. The maximum atomic E-state index is 11.0. The van der Waals surface area contributed by atoms with Gasteiger partial charge in [-0.25, -0.2) is 4.79 Å². The predicted octanol–water partition coefficient (Wildman–Crippen LogP) is 0.685. The lowest BCUT2D eigenvalue weighted by Crippen LogP contribution is -2.32. The number of nitrogens with one attached hydrogen (secondary N) is 1. The number of ether oxygens (including phenoxy) is 1. The van der Waals surface area contributed by atoms with Gasteiger partial charge in [0.2, 0.25) is 0 Å². The summed E-state index contributed by atoms with van der Waals surface area (Å²) in [6.45, 7) is 6.32. The van der Waals surface area contributed by atoms with Crippen LogP contribution in [-0.2, 0) is 4.74 Å². The first-order valence-corrected chi connectivity index (χ1v) is 5.84. The highest BCUT2D eigenvalue weighted by atomic mass is 28.1. The second-order valence-electron chi connectivity index (χ2n) is 3.78. The molecule has 0 aromatic rings. The molecule has 0 saturated carbocycles. The van der Waals surface area contributed by atoms with Crippen LogP contribution in [0, 0.1) is 0 Å². The molecule has 72 valence electrons. The van der Waals surface area contributed by atoms with Crippen LogP contribution in [0.5, 0.6) is 0 Å². The van der Waals surface area contributed by atoms with Crippen LogP contribution in [0.2, 0.25) is 6.04 Å². The number of rotatable bonds is 3. The summed E-state index contributed by atoms with van der Waals surface area (Å²) in [5.74, 6) is 0. The third-order valence-electron chi connectivity index (χ3n) is 1.20. The lowest BCUT2D eigenvalue weighted by Gasteiger charge is -2.19. The van der Waals surface area contributed by atoms with Crippen molar-refractivity contribution in [1.29, 1.82) is 0 Å². The van der Waals surface area contributed by atoms with E-state index in [9.17, 15) is 4.79 Å². The first-order chi connectivity index (χ1) is 5.45. The maximum absolute atomic E-state index is 11.0. The van der Waals surface area contributed by atoms with Gasteiger partial charge in [0.05, 0.1) is 0 Å². The van der Waals surface area contributed by atoms with Gasteiger partial charge < -0.3 is 10.1 Å². The van der Waals surface area contributed by atoms with Crippen molar-refractivity contribution in [1.82, 2.24) is 5.32 Å². The molecule has 1 N–H and O–H groups in total. The Morgan fingerprint density at radius 1 is 1.50 bits per heavy atom. The number of hydrogen-bond acceptors (Lipinski definition) is 2. The van der Waals surface area contributed by atoms with Gasteiger partial charge in [-0.3, -0.25) is 0 Å². The van der Waals surface area contributed by atoms with E-state index < -0.39 is 0 Å². The van der Waals surface area contributed by atoms with E-state index in [0.29, 0.717) is 0 Å². The predicted molar refractivity (Wildman–Crippen MR) is 53.6 cm³/mol. The Labute approximate surface area is 77.3 Å². The zero-order valence-electron chi connectivity index (χ0n) is 8.44. The molecule has 4 heteroatoms. The Kier molecular flexibility index (Phi) is 4.97. The van der Waals surface area contributed by atoms with Gasteiger partial charge in [-0.1, -0.05) is 6.04 Å². The first kappa shape index (κ1) is 11.5. The molecule has 0 aromatic carbocycles. The van der Waals surface area contributed by atoms with Crippen LogP contribution in [0.1, 0.15) is 27.2 Å². The lowest BCUT2D eigenvalue weighted by atomic mass is 10.2. The molecule has 0 atom stereocenters. The third kappa shape index (κ3) is 7.59. The SMILES string of the molecule is CC(C)(C)OC(=O)NCCC[SiH3]. The second kappa shape index (κ2) is 5.19. The minimum Gasteiger partial charge on any atom is -0.444 e. The number of carbonyl (C=O) groups excluding carboxylic acids is 1. The van der Waals surface area contributed by atoms with Crippen LogP contribution in [0.25, 0.3) is 0 Å². The van der Waals surface area contributed by atoms with Crippen molar-refractivity contribution >= 4 is 16.3 Å². The van der Waals surface area contributed by atoms with Crippen LogP contribution < -0.4 is 5.32 Å². The Balaban J connectivity index is 3.47. The van der Waals surface area contributed by atoms with Gasteiger partial charge in [-0.2, -0.15) is 0 Å². The maximum Gasteiger partial charge on any atom is 0.407 e. The monoisotopic (exact) mass is 189 g/mol. The van der Waals surface area contributed by atoms with Crippen molar-refractivity contribution in [2.75, 3.05) is 6.54 Å². The van der Waals surface area contributed by atoms with E-state index in [1.165, 1.54) is 16.3 Å². The van der Waals surface area contributed by atoms with Crippen molar-refractivity contribution in [3.05, 3.63) is 0 Å². The van der Waals surface area contributed by atoms with Gasteiger partial charge in [-0.15, -0.1) is 0 Å². The largest absolute Gasteiger partial charge is 0.444 e. The van der Waals surface area contributed by atoms with Gasteiger partial charge in [0, 0.05) is 16.8 Å². The van der Waals surface area contributed by atoms with E-state index in [4.69, 9.17) is 4.74 Å². The molecule has 0 aliphatic rings. The molecule has 0 rings (SSSR count). The average molecular weight is 189 g/mol. The van der Waals surface area contributed by atoms with E-state index in [2.05, 4.69) is 5.32 Å². The number of carbonyl (C=O) groups is 1. The van der Waals surface area contributed by atoms with Crippen molar-refractivity contribution in [2.24, 2.45) is 0 Å². The molecule has 0 radical (unpaired) electrons. The van der Waals surface area contributed by atoms with Crippen molar-refractivity contribution in [3.8, 4) is 0 Å². The zero-order valence-corrected chi connectivity index (χ0v) is 10.4. The smallest absolute Gasteiger partial charge is 0.407 e. The Morgan fingerprint density at radius 3 is 2.50 bits per heavy atom. The zero-order chi connectivity index (χ0) is 9.61. The molecular formula is C8H19NO2Si. The van der Waals surface area contributed by atoms with E-state index in [-0.39, 0.29) is 11.7 Å². The molecule has 0 aromatic heterocycles. The van der Waals surface area contributed by atoms with Gasteiger partial charge in [0.1, 0.15) is 5.60 Å². The number of hydrogen-bond donors (Lipinski definition) is 1. The fourth-order valence-electron chi connectivity index (χ4n) is 0.681. The Bertz CT molecular complexity index is 142. The molecule has 12 heavy (non-hydrogen) atoms. The molecule has 0 saturated heterocycles. The fraction of sp³-hybridized carbons (Fsp3) is 0.875. The van der Waals surface area contributed by atoms with Crippen LogP contribution in [0.15, 0.2) is 0 Å². The minimum absolute atomic E-state index is 0.308. The van der Waals surface area contributed by atoms with E-state index in [1.54, 1.807) is 0 Å². The molecule has 1 amide bonds. The van der Waals surface area contributed by atoms with Gasteiger partial charge in [-0.05, 0) is 27.2 Å². The molecule has 0 heterocycles. The van der Waals surface area contributed by atoms with Crippen LogP contribution >= 0.6 is 0 Å². The first-order valence-electron chi connectivity index (χ1n) is 4.42. The summed E-state index contributed by atoms with van der Waals surface area (Å²) < 4.78 is 5.05. The summed E-state index contributed by atoms with van der Waals surface area (Å²) >= 11 is 0. The topological polar surface area (TPSA) is 38.3 Å². The summed E-state index contributed by atoms with van der Waals surface area (Å²) in [5.41, 5.74) is -0.384. The summed E-state index contributed by atoms with van der Waals surface area (Å²) in [7, 11) is 1.20. The van der Waals surface area contributed by atoms with Gasteiger partial charge in [0.25, 0.3) is 0 Å². The van der Waals surface area contributed by atoms with E-state index >= 15 is 0 Å². The highest BCUT2D eigenvalue weighted by molar-refractivity contribution is 6.08. The summed E-state index contributed by atoms with van der Waals surface area (Å²) in [4.78, 5) is 11.0. The molecule has 0 fully saturated rings. The standard InChI is InChI=1S/C8H19NO2Si/c1-8(2,3)11-7(10)9-5-4-6-12/h4-6H2,1-3,12H3,(H,9,10). The van der Waals surface area contributed by atoms with E-state index in [0.717, 1.165) is 13.0 Å². The summed E-state index contributed by atoms with van der Waals surface area (Å²) in [6, 6.07) is 1.22. The number of amides is 1. The van der Waals surface area contributed by atoms with Crippen molar-refractivity contribution in [2.45, 2.75) is 38.8 Å². The molecule has 0 aliphatic heterocycles. The van der Waals surface area contributed by atoms with E-state index in [1.807, 2.05) is 20.8 Å². The average Bonchev–Trinajstić information content (AvgIpc) is 1.84. The third-order valence-corrected chi connectivity index (χ3v) is 1.91. The molecular weight excluding hydrogens is 170 g/mol. The van der Waals surface area contributed by atoms with Crippen molar-refractivity contribution < 1.29 is 9.53 Å². The molecule has 0 aliphatic carbocycles. The summed E-state index contributed by atoms with van der Waals surface area (Å²) in [6.07, 6.45) is 0.753. The molecule has 0 unspecified atom stereocenters. The van der Waals surface area contributed by atoms with Crippen LogP contribution in [0.3, 0.4) is 0 Å². The molecule has 0 bridgehead atoms. The lowest BCUT2D eigenvalue weighted by molar-refractivity contribution is 0.0528. The van der Waals surface area contributed by atoms with Gasteiger partial charge >= 0.3 is 6.09 Å². The van der Waals surface area contributed by atoms with Gasteiger partial charge in [0.15, 0.2) is 0 Å². The quantitative estimate of drug-likeness (QED) is 0.524. The fourth-order valence-corrected chi connectivity index (χ4v) is 1.03. The normalized spacial score (nSPS) is 11.2. The summed E-state index contributed by atoms with van der Waals surface area (Å²) in [5, 5.41) is 2.70.